The van der Waals surface area contributed by atoms with Gasteiger partial charge in [-0.25, -0.2) is 31.1 Å². The molecule has 0 unspecified atom stereocenters. The molecule has 3 N–H and O–H groups in total. The summed E-state index contributed by atoms with van der Waals surface area (Å²) in [7, 11) is -7.19. The van der Waals surface area contributed by atoms with E-state index in [1.165, 1.54) is 5.38 Å². The van der Waals surface area contributed by atoms with Gasteiger partial charge in [-0.2, -0.15) is 0 Å². The van der Waals surface area contributed by atoms with E-state index in [1.807, 2.05) is 0 Å². The predicted molar refractivity (Wildman–Crippen MR) is 69.3 cm³/mol. The van der Waals surface area contributed by atoms with Crippen molar-refractivity contribution in [2.75, 3.05) is 19.3 Å². The standard InChI is InChI=1S/C8H12N2O6S3/c1-18(13,14)9-2-3-10-19(15,16)7-4-6(5-17-7)8(11)12/h4-5,9-10H,2-3H2,1H3,(H,11,12). The molecule has 8 nitrogen and oxygen atoms in total. The first kappa shape index (κ1) is 16.0. The molecule has 0 saturated heterocycles. The number of nitrogens with one attached hydrogen (secondary N) is 2. The highest BCUT2D eigenvalue weighted by atomic mass is 32.2. The molecule has 0 fully saturated rings. The molecule has 0 aliphatic rings. The second-order valence-electron chi connectivity index (χ2n) is 3.52. The van der Waals surface area contributed by atoms with Crippen LogP contribution in [0.15, 0.2) is 15.7 Å². The first-order valence-electron chi connectivity index (χ1n) is 4.88. The fraction of sp³-hybridized carbons (Fsp3) is 0.375. The number of thiophene rings is 1. The van der Waals surface area contributed by atoms with E-state index in [2.05, 4.69) is 9.44 Å². The molecule has 108 valence electrons. The van der Waals surface area contributed by atoms with Crippen LogP contribution in [0.25, 0.3) is 0 Å². The molecule has 19 heavy (non-hydrogen) atoms. The van der Waals surface area contributed by atoms with Crippen LogP contribution in [0.3, 0.4) is 0 Å². The summed E-state index contributed by atoms with van der Waals surface area (Å²) in [5.41, 5.74) is -0.111. The van der Waals surface area contributed by atoms with Gasteiger partial charge in [0.15, 0.2) is 0 Å². The SMILES string of the molecule is CS(=O)(=O)NCCNS(=O)(=O)c1cc(C(=O)O)cs1. The van der Waals surface area contributed by atoms with Crippen LogP contribution >= 0.6 is 11.3 Å². The lowest BCUT2D eigenvalue weighted by Gasteiger charge is -2.04. The second kappa shape index (κ2) is 5.96. The number of hydrogen-bond donors (Lipinski definition) is 3. The summed E-state index contributed by atoms with van der Waals surface area (Å²) in [6, 6.07) is 1.04. The van der Waals surface area contributed by atoms with Crippen molar-refractivity contribution in [1.82, 2.24) is 9.44 Å². The molecule has 1 aromatic rings. The van der Waals surface area contributed by atoms with Gasteiger partial charge in [0.05, 0.1) is 11.8 Å². The van der Waals surface area contributed by atoms with Gasteiger partial charge < -0.3 is 5.11 Å². The summed E-state index contributed by atoms with van der Waals surface area (Å²) >= 11 is 0.778. The normalized spacial score (nSPS) is 12.5. The van der Waals surface area contributed by atoms with E-state index in [-0.39, 0.29) is 22.9 Å². The Kier molecular flexibility index (Phi) is 5.04. The minimum Gasteiger partial charge on any atom is -0.478 e. The Bertz CT molecular complexity index is 660. The zero-order valence-corrected chi connectivity index (χ0v) is 12.2. The molecule has 0 radical (unpaired) electrons. The number of sulfonamides is 2. The first-order valence-corrected chi connectivity index (χ1v) is 9.13. The maximum atomic E-state index is 11.7. The molecule has 11 heteroatoms. The highest BCUT2D eigenvalue weighted by Crippen LogP contribution is 2.19. The Morgan fingerprint density at radius 3 is 2.32 bits per heavy atom. The van der Waals surface area contributed by atoms with Crippen LogP contribution < -0.4 is 9.44 Å². The fourth-order valence-electron chi connectivity index (χ4n) is 1.06. The van der Waals surface area contributed by atoms with Gasteiger partial charge in [-0.1, -0.05) is 0 Å². The molecular formula is C8H12N2O6S3. The molecule has 0 aliphatic heterocycles. The van der Waals surface area contributed by atoms with Gasteiger partial charge in [-0.05, 0) is 6.07 Å². The van der Waals surface area contributed by atoms with E-state index in [4.69, 9.17) is 5.11 Å². The van der Waals surface area contributed by atoms with Crippen LogP contribution in [0, 0.1) is 0 Å². The van der Waals surface area contributed by atoms with Crippen molar-refractivity contribution in [2.24, 2.45) is 0 Å². The monoisotopic (exact) mass is 328 g/mol. The topological polar surface area (TPSA) is 130 Å². The smallest absolute Gasteiger partial charge is 0.336 e. The number of carbonyl (C=O) groups is 1. The third-order valence-electron chi connectivity index (χ3n) is 1.87. The molecule has 0 bridgehead atoms. The van der Waals surface area contributed by atoms with E-state index >= 15 is 0 Å². The van der Waals surface area contributed by atoms with E-state index in [9.17, 15) is 21.6 Å². The Balaban J connectivity index is 2.63. The van der Waals surface area contributed by atoms with Gasteiger partial charge in [0.25, 0.3) is 0 Å². The van der Waals surface area contributed by atoms with Crippen molar-refractivity contribution in [3.8, 4) is 0 Å². The minimum absolute atomic E-state index is 0.0881. The highest BCUT2D eigenvalue weighted by Gasteiger charge is 2.18. The fourth-order valence-corrected chi connectivity index (χ4v) is 3.77. The quantitative estimate of drug-likeness (QED) is 0.566. The number of hydrogen-bond acceptors (Lipinski definition) is 6. The van der Waals surface area contributed by atoms with Crippen LogP contribution in [-0.2, 0) is 20.0 Å². The summed E-state index contributed by atoms with van der Waals surface area (Å²) in [4.78, 5) is 10.6. The zero-order valence-electron chi connectivity index (χ0n) is 9.78. The Hall–Kier alpha value is -1.01. The van der Waals surface area contributed by atoms with Crippen LogP contribution in [0.5, 0.6) is 0 Å². The average molecular weight is 328 g/mol. The van der Waals surface area contributed by atoms with Crippen LogP contribution in [-0.4, -0.2) is 47.3 Å². The predicted octanol–water partition coefficient (Wildman–Crippen LogP) is -0.726. The Labute approximate surface area is 114 Å². The van der Waals surface area contributed by atoms with E-state index in [0.717, 1.165) is 23.7 Å². The summed E-state index contributed by atoms with van der Waals surface area (Å²) in [6.07, 6.45) is 0.958. The number of carboxylic acids is 1. The van der Waals surface area contributed by atoms with Gasteiger partial charge >= 0.3 is 5.97 Å². The highest BCUT2D eigenvalue weighted by molar-refractivity contribution is 7.91. The van der Waals surface area contributed by atoms with E-state index in [1.54, 1.807) is 0 Å². The lowest BCUT2D eigenvalue weighted by atomic mass is 10.4. The third kappa shape index (κ3) is 5.24. The maximum absolute atomic E-state index is 11.7. The molecule has 0 spiro atoms. The van der Waals surface area contributed by atoms with Crippen LogP contribution in [0.2, 0.25) is 0 Å². The van der Waals surface area contributed by atoms with Gasteiger partial charge in [0.1, 0.15) is 4.21 Å². The molecule has 1 heterocycles. The van der Waals surface area contributed by atoms with Crippen molar-refractivity contribution in [3.05, 3.63) is 17.0 Å². The van der Waals surface area contributed by atoms with Gasteiger partial charge in [0, 0.05) is 18.5 Å². The molecular weight excluding hydrogens is 316 g/mol. The van der Waals surface area contributed by atoms with Gasteiger partial charge in [-0.15, -0.1) is 11.3 Å². The third-order valence-corrected chi connectivity index (χ3v) is 5.50. The molecule has 1 aromatic heterocycles. The van der Waals surface area contributed by atoms with E-state index in [0.29, 0.717) is 0 Å². The lowest BCUT2D eigenvalue weighted by molar-refractivity contribution is 0.0697. The Morgan fingerprint density at radius 2 is 1.84 bits per heavy atom. The molecule has 0 saturated carbocycles. The average Bonchev–Trinajstić information content (AvgIpc) is 2.73. The summed E-state index contributed by atoms with van der Waals surface area (Å²) < 4.78 is 49.1. The largest absolute Gasteiger partial charge is 0.478 e. The lowest BCUT2D eigenvalue weighted by Crippen LogP contribution is -2.33. The van der Waals surface area contributed by atoms with Crippen molar-refractivity contribution >= 4 is 37.4 Å². The second-order valence-corrected chi connectivity index (χ2v) is 8.26. The van der Waals surface area contributed by atoms with Gasteiger partial charge in [0.2, 0.25) is 20.0 Å². The molecule has 0 aliphatic carbocycles. The van der Waals surface area contributed by atoms with Crippen LogP contribution in [0.4, 0.5) is 0 Å². The van der Waals surface area contributed by atoms with Crippen molar-refractivity contribution in [1.29, 1.82) is 0 Å². The maximum Gasteiger partial charge on any atom is 0.336 e. The van der Waals surface area contributed by atoms with Crippen molar-refractivity contribution in [3.63, 3.8) is 0 Å². The summed E-state index contributed by atoms with van der Waals surface area (Å²) in [5.74, 6) is -1.21. The number of aromatic carboxylic acids is 1. The molecule has 0 amide bonds. The van der Waals surface area contributed by atoms with Gasteiger partial charge in [-0.3, -0.25) is 0 Å². The Morgan fingerprint density at radius 1 is 1.26 bits per heavy atom. The molecule has 0 atom stereocenters. The minimum atomic E-state index is -3.82. The van der Waals surface area contributed by atoms with E-state index < -0.39 is 26.0 Å². The summed E-state index contributed by atoms with van der Waals surface area (Å²) in [5, 5.41) is 9.90. The molecule has 0 aromatic carbocycles. The molecule has 1 rings (SSSR count). The van der Waals surface area contributed by atoms with Crippen LogP contribution in [0.1, 0.15) is 10.4 Å². The number of carboxylic acid groups (broad SMARTS) is 1. The summed E-state index contributed by atoms with van der Waals surface area (Å²) in [6.45, 7) is -0.217. The van der Waals surface area contributed by atoms with Crippen molar-refractivity contribution < 1.29 is 26.7 Å². The zero-order chi connectivity index (χ0) is 14.7. The van der Waals surface area contributed by atoms with Crippen molar-refractivity contribution in [2.45, 2.75) is 4.21 Å². The first-order chi connectivity index (χ1) is 8.62. The number of rotatable bonds is 7.